The van der Waals surface area contributed by atoms with Crippen molar-refractivity contribution in [3.05, 3.63) is 89.7 Å². The number of carbonyl (C=O) groups excluding carboxylic acids is 2. The summed E-state index contributed by atoms with van der Waals surface area (Å²) in [4.78, 5) is 28.2. The quantitative estimate of drug-likeness (QED) is 0.572. The van der Waals surface area contributed by atoms with E-state index in [4.69, 9.17) is 0 Å². The van der Waals surface area contributed by atoms with Crippen molar-refractivity contribution in [3.8, 4) is 11.1 Å². The van der Waals surface area contributed by atoms with Crippen LogP contribution in [0.3, 0.4) is 0 Å². The Morgan fingerprint density at radius 2 is 1.40 bits per heavy atom. The molecular weight excluding hydrogens is 376 g/mol. The third kappa shape index (κ3) is 5.67. The molecule has 6 nitrogen and oxygen atoms in total. The van der Waals surface area contributed by atoms with Crippen molar-refractivity contribution >= 4 is 11.9 Å². The lowest BCUT2D eigenvalue weighted by molar-refractivity contribution is 0.0936. The molecule has 0 radical (unpaired) electrons. The van der Waals surface area contributed by atoms with Gasteiger partial charge in [0.1, 0.15) is 0 Å². The van der Waals surface area contributed by atoms with Gasteiger partial charge in [0.15, 0.2) is 0 Å². The van der Waals surface area contributed by atoms with Crippen LogP contribution in [0.1, 0.15) is 42.3 Å². The Morgan fingerprint density at radius 3 is 2.00 bits per heavy atom. The molecule has 0 saturated heterocycles. The highest BCUT2D eigenvalue weighted by Gasteiger charge is 2.14. The molecule has 3 amide bonds. The average molecular weight is 402 g/mol. The molecule has 0 aliphatic heterocycles. The van der Waals surface area contributed by atoms with E-state index in [9.17, 15) is 9.59 Å². The molecule has 0 fully saturated rings. The maximum Gasteiger partial charge on any atom is 0.333 e. The van der Waals surface area contributed by atoms with Crippen LogP contribution in [0.25, 0.3) is 11.1 Å². The molecular formula is C24H26N4O2. The van der Waals surface area contributed by atoms with Crippen molar-refractivity contribution < 1.29 is 9.59 Å². The Hall–Kier alpha value is -3.67. The summed E-state index contributed by atoms with van der Waals surface area (Å²) in [7, 11) is 0. The molecule has 0 spiro atoms. The number of carbonyl (C=O) groups is 2. The average Bonchev–Trinajstić information content (AvgIpc) is 2.76. The Morgan fingerprint density at radius 1 is 0.800 bits per heavy atom. The van der Waals surface area contributed by atoms with Crippen molar-refractivity contribution in [2.24, 2.45) is 0 Å². The van der Waals surface area contributed by atoms with Gasteiger partial charge >= 0.3 is 6.03 Å². The molecule has 0 bridgehead atoms. The van der Waals surface area contributed by atoms with Crippen LogP contribution in [0.2, 0.25) is 0 Å². The van der Waals surface area contributed by atoms with Crippen LogP contribution in [0.4, 0.5) is 4.79 Å². The van der Waals surface area contributed by atoms with Crippen molar-refractivity contribution in [1.29, 1.82) is 0 Å². The maximum atomic E-state index is 12.2. The standard InChI is InChI=1S/C24H26N4O2/c1-24(2,3)21-10-8-20(9-11-21)22(29)27-28-23(30)26-16-17-4-6-18(7-5-17)19-12-14-25-15-13-19/h4-15H,16H2,1-3H3,(H,27,29)(H2,26,28,30). The Kier molecular flexibility index (Phi) is 6.47. The van der Waals surface area contributed by atoms with Gasteiger partial charge in [-0.3, -0.25) is 15.2 Å². The third-order valence-corrected chi connectivity index (χ3v) is 4.72. The number of pyridine rings is 1. The SMILES string of the molecule is CC(C)(C)c1ccc(C(=O)NNC(=O)NCc2ccc(-c3ccncc3)cc2)cc1. The minimum Gasteiger partial charge on any atom is -0.333 e. The number of hydrogen-bond donors (Lipinski definition) is 3. The van der Waals surface area contributed by atoms with Gasteiger partial charge in [0.2, 0.25) is 0 Å². The topological polar surface area (TPSA) is 83.1 Å². The highest BCUT2D eigenvalue weighted by Crippen LogP contribution is 2.22. The molecule has 1 aromatic heterocycles. The minimum atomic E-state index is -0.479. The molecule has 154 valence electrons. The summed E-state index contributed by atoms with van der Waals surface area (Å²) in [5.41, 5.74) is 9.55. The number of aromatic nitrogens is 1. The zero-order chi connectivity index (χ0) is 21.6. The van der Waals surface area contributed by atoms with Crippen molar-refractivity contribution in [2.75, 3.05) is 0 Å². The summed E-state index contributed by atoms with van der Waals surface area (Å²) in [6, 6.07) is 18.6. The highest BCUT2D eigenvalue weighted by atomic mass is 16.2. The lowest BCUT2D eigenvalue weighted by atomic mass is 9.87. The summed E-state index contributed by atoms with van der Waals surface area (Å²) in [5, 5.41) is 2.72. The lowest BCUT2D eigenvalue weighted by Crippen LogP contribution is -2.46. The van der Waals surface area contributed by atoms with Crippen LogP contribution in [0.5, 0.6) is 0 Å². The first kappa shape index (κ1) is 21.0. The second kappa shape index (κ2) is 9.22. The largest absolute Gasteiger partial charge is 0.333 e. The molecule has 3 aromatic rings. The Bertz CT molecular complexity index is 992. The van der Waals surface area contributed by atoms with E-state index in [-0.39, 0.29) is 11.3 Å². The van der Waals surface area contributed by atoms with E-state index in [0.29, 0.717) is 12.1 Å². The summed E-state index contributed by atoms with van der Waals surface area (Å²) in [6.07, 6.45) is 3.50. The number of amides is 3. The summed E-state index contributed by atoms with van der Waals surface area (Å²) in [5.74, 6) is -0.368. The van der Waals surface area contributed by atoms with E-state index in [1.807, 2.05) is 48.5 Å². The Labute approximate surface area is 176 Å². The summed E-state index contributed by atoms with van der Waals surface area (Å²) in [6.45, 7) is 6.68. The van der Waals surface area contributed by atoms with E-state index < -0.39 is 6.03 Å². The van der Waals surface area contributed by atoms with Gasteiger partial charge in [0.05, 0.1) is 0 Å². The molecule has 0 aliphatic carbocycles. The van der Waals surface area contributed by atoms with Gasteiger partial charge in [-0.1, -0.05) is 57.2 Å². The van der Waals surface area contributed by atoms with Crippen LogP contribution < -0.4 is 16.2 Å². The van der Waals surface area contributed by atoms with Crippen LogP contribution in [-0.2, 0) is 12.0 Å². The van der Waals surface area contributed by atoms with Crippen molar-refractivity contribution in [1.82, 2.24) is 21.2 Å². The zero-order valence-corrected chi connectivity index (χ0v) is 17.4. The first-order chi connectivity index (χ1) is 14.3. The number of hydrogen-bond acceptors (Lipinski definition) is 3. The predicted molar refractivity (Wildman–Crippen MR) is 118 cm³/mol. The monoisotopic (exact) mass is 402 g/mol. The normalized spacial score (nSPS) is 10.9. The fraction of sp³-hybridized carbons (Fsp3) is 0.208. The number of benzene rings is 2. The van der Waals surface area contributed by atoms with E-state index in [0.717, 1.165) is 22.3 Å². The van der Waals surface area contributed by atoms with Crippen LogP contribution in [0, 0.1) is 0 Å². The summed E-state index contributed by atoms with van der Waals surface area (Å²) >= 11 is 0. The van der Waals surface area contributed by atoms with E-state index in [1.165, 1.54) is 0 Å². The number of rotatable bonds is 4. The first-order valence-corrected chi connectivity index (χ1v) is 9.77. The van der Waals surface area contributed by atoms with Crippen molar-refractivity contribution in [2.45, 2.75) is 32.7 Å². The fourth-order valence-corrected chi connectivity index (χ4v) is 2.89. The molecule has 6 heteroatoms. The number of nitrogens with zero attached hydrogens (tertiary/aromatic N) is 1. The number of nitrogens with one attached hydrogen (secondary N) is 3. The zero-order valence-electron chi connectivity index (χ0n) is 17.4. The molecule has 2 aromatic carbocycles. The second-order valence-electron chi connectivity index (χ2n) is 8.02. The lowest BCUT2D eigenvalue weighted by Gasteiger charge is -2.19. The summed E-state index contributed by atoms with van der Waals surface area (Å²) < 4.78 is 0. The van der Waals surface area contributed by atoms with Crippen LogP contribution >= 0.6 is 0 Å². The molecule has 1 heterocycles. The van der Waals surface area contributed by atoms with E-state index >= 15 is 0 Å². The van der Waals surface area contributed by atoms with Crippen LogP contribution in [-0.4, -0.2) is 16.9 Å². The molecule has 30 heavy (non-hydrogen) atoms. The number of urea groups is 1. The molecule has 3 N–H and O–H groups in total. The van der Waals surface area contributed by atoms with Gasteiger partial charge in [0.25, 0.3) is 5.91 Å². The van der Waals surface area contributed by atoms with Gasteiger partial charge in [-0.25, -0.2) is 10.2 Å². The maximum absolute atomic E-state index is 12.2. The highest BCUT2D eigenvalue weighted by molar-refractivity contribution is 5.95. The second-order valence-corrected chi connectivity index (χ2v) is 8.02. The molecule has 3 rings (SSSR count). The van der Waals surface area contributed by atoms with Gasteiger partial charge in [-0.15, -0.1) is 0 Å². The van der Waals surface area contributed by atoms with Gasteiger partial charge in [-0.2, -0.15) is 0 Å². The van der Waals surface area contributed by atoms with E-state index in [2.05, 4.69) is 41.9 Å². The molecule has 0 aliphatic rings. The van der Waals surface area contributed by atoms with Gasteiger partial charge in [-0.05, 0) is 51.9 Å². The van der Waals surface area contributed by atoms with E-state index in [1.54, 1.807) is 24.5 Å². The van der Waals surface area contributed by atoms with Crippen molar-refractivity contribution in [3.63, 3.8) is 0 Å². The third-order valence-electron chi connectivity index (χ3n) is 4.72. The molecule has 0 atom stereocenters. The van der Waals surface area contributed by atoms with Crippen LogP contribution in [0.15, 0.2) is 73.1 Å². The Balaban J connectivity index is 1.46. The van der Waals surface area contributed by atoms with Gasteiger partial charge < -0.3 is 5.32 Å². The first-order valence-electron chi connectivity index (χ1n) is 9.77. The smallest absolute Gasteiger partial charge is 0.333 e. The number of hydrazine groups is 1. The molecule has 0 unspecified atom stereocenters. The van der Waals surface area contributed by atoms with Gasteiger partial charge in [0, 0.05) is 24.5 Å². The minimum absolute atomic E-state index is 0.0175. The fourth-order valence-electron chi connectivity index (χ4n) is 2.89. The predicted octanol–water partition coefficient (Wildman–Crippen LogP) is 4.19. The molecule has 0 saturated carbocycles.